The third-order valence-electron chi connectivity index (χ3n) is 6.13. The topological polar surface area (TPSA) is 29.1 Å². The van der Waals surface area contributed by atoms with Crippen LogP contribution in [0.2, 0.25) is 0 Å². The third-order valence-corrected chi connectivity index (χ3v) is 6.13. The molecule has 0 heterocycles. The van der Waals surface area contributed by atoms with Gasteiger partial charge in [-0.3, -0.25) is 4.79 Å². The Bertz CT molecular complexity index is 707. The standard InChI is InChI=1S/C23H27NO/c25-23(24-22-15-14-18-8-4-5-9-21(18)16-22)20-12-10-19(11-13-20)17-6-2-1-3-7-17/h1-3,6-7,10-13,18,21-22H,4-5,8-9,14-16H2,(H,24,25)/t18-,21-,22+/m0/s1. The summed E-state index contributed by atoms with van der Waals surface area (Å²) in [5, 5.41) is 3.29. The molecule has 0 bridgehead atoms. The SMILES string of the molecule is O=C(N[C@@H]1CC[C@@H]2CCCC[C@H]2C1)c1ccc(-c2ccccc2)cc1. The van der Waals surface area contributed by atoms with E-state index in [4.69, 9.17) is 0 Å². The van der Waals surface area contributed by atoms with Crippen LogP contribution in [0.5, 0.6) is 0 Å². The van der Waals surface area contributed by atoms with Crippen molar-refractivity contribution in [3.63, 3.8) is 0 Å². The largest absolute Gasteiger partial charge is 0.349 e. The number of hydrogen-bond donors (Lipinski definition) is 1. The van der Waals surface area contributed by atoms with E-state index in [2.05, 4.69) is 17.4 Å². The molecule has 0 radical (unpaired) electrons. The zero-order chi connectivity index (χ0) is 17.1. The first-order valence-electron chi connectivity index (χ1n) is 9.76. The molecule has 25 heavy (non-hydrogen) atoms. The van der Waals surface area contributed by atoms with Crippen molar-refractivity contribution in [3.05, 3.63) is 60.2 Å². The molecule has 4 rings (SSSR count). The molecule has 2 fully saturated rings. The molecule has 3 atom stereocenters. The maximum absolute atomic E-state index is 12.6. The Morgan fingerprint density at radius 3 is 2.20 bits per heavy atom. The molecule has 0 unspecified atom stereocenters. The second kappa shape index (κ2) is 7.43. The fraction of sp³-hybridized carbons (Fsp3) is 0.435. The zero-order valence-electron chi connectivity index (χ0n) is 14.8. The number of nitrogens with one attached hydrogen (secondary N) is 1. The van der Waals surface area contributed by atoms with E-state index in [-0.39, 0.29) is 5.91 Å². The van der Waals surface area contributed by atoms with Crippen molar-refractivity contribution in [3.8, 4) is 11.1 Å². The molecule has 2 aliphatic carbocycles. The molecule has 2 saturated carbocycles. The molecule has 0 saturated heterocycles. The number of rotatable bonds is 3. The van der Waals surface area contributed by atoms with Crippen LogP contribution in [0.1, 0.15) is 55.3 Å². The van der Waals surface area contributed by atoms with Crippen LogP contribution in [0.15, 0.2) is 54.6 Å². The lowest BCUT2D eigenvalue weighted by atomic mass is 9.69. The number of fused-ring (bicyclic) bond motifs is 1. The number of benzene rings is 2. The van der Waals surface area contributed by atoms with Crippen molar-refractivity contribution in [1.82, 2.24) is 5.32 Å². The van der Waals surface area contributed by atoms with Crippen molar-refractivity contribution in [1.29, 1.82) is 0 Å². The summed E-state index contributed by atoms with van der Waals surface area (Å²) in [6.45, 7) is 0. The van der Waals surface area contributed by atoms with Crippen molar-refractivity contribution in [2.45, 2.75) is 51.0 Å². The van der Waals surface area contributed by atoms with Gasteiger partial charge < -0.3 is 5.32 Å². The van der Waals surface area contributed by atoms with Gasteiger partial charge >= 0.3 is 0 Å². The lowest BCUT2D eigenvalue weighted by Gasteiger charge is -2.39. The maximum Gasteiger partial charge on any atom is 0.251 e. The molecule has 2 aromatic rings. The summed E-state index contributed by atoms with van der Waals surface area (Å²) < 4.78 is 0. The highest BCUT2D eigenvalue weighted by molar-refractivity contribution is 5.94. The van der Waals surface area contributed by atoms with Crippen LogP contribution in [0.3, 0.4) is 0 Å². The quantitative estimate of drug-likeness (QED) is 0.796. The van der Waals surface area contributed by atoms with Crippen LogP contribution in [0.25, 0.3) is 11.1 Å². The second-order valence-electron chi connectivity index (χ2n) is 7.73. The van der Waals surface area contributed by atoms with E-state index in [9.17, 15) is 4.79 Å². The minimum atomic E-state index is 0.0823. The average Bonchev–Trinajstić information content (AvgIpc) is 2.69. The summed E-state index contributed by atoms with van der Waals surface area (Å²) in [6.07, 6.45) is 9.18. The van der Waals surface area contributed by atoms with Gasteiger partial charge in [0.15, 0.2) is 0 Å². The number of amides is 1. The van der Waals surface area contributed by atoms with E-state index in [1.165, 1.54) is 44.1 Å². The van der Waals surface area contributed by atoms with Crippen LogP contribution < -0.4 is 5.32 Å². The highest BCUT2D eigenvalue weighted by Gasteiger charge is 2.32. The van der Waals surface area contributed by atoms with E-state index in [0.717, 1.165) is 29.4 Å². The minimum Gasteiger partial charge on any atom is -0.349 e. The fourth-order valence-electron chi connectivity index (χ4n) is 4.72. The van der Waals surface area contributed by atoms with Crippen LogP contribution in [-0.2, 0) is 0 Å². The Hall–Kier alpha value is -2.09. The van der Waals surface area contributed by atoms with Gasteiger partial charge in [0.25, 0.3) is 5.91 Å². The van der Waals surface area contributed by atoms with Gasteiger partial charge in [0.1, 0.15) is 0 Å². The normalized spacial score (nSPS) is 25.8. The first-order valence-corrected chi connectivity index (χ1v) is 9.76. The summed E-state index contributed by atoms with van der Waals surface area (Å²) in [5.41, 5.74) is 3.11. The average molecular weight is 333 g/mol. The van der Waals surface area contributed by atoms with E-state index in [0.29, 0.717) is 6.04 Å². The maximum atomic E-state index is 12.6. The molecule has 0 spiro atoms. The first kappa shape index (κ1) is 16.4. The van der Waals surface area contributed by atoms with Gasteiger partial charge in [0.2, 0.25) is 0 Å². The number of carbonyl (C=O) groups is 1. The van der Waals surface area contributed by atoms with Crippen molar-refractivity contribution < 1.29 is 4.79 Å². The highest BCUT2D eigenvalue weighted by atomic mass is 16.1. The number of carbonyl (C=O) groups excluding carboxylic acids is 1. The van der Waals surface area contributed by atoms with Gasteiger partial charge in [-0.25, -0.2) is 0 Å². The molecular formula is C23H27NO. The molecule has 2 aromatic carbocycles. The Morgan fingerprint density at radius 2 is 1.44 bits per heavy atom. The predicted molar refractivity (Wildman–Crippen MR) is 102 cm³/mol. The molecular weight excluding hydrogens is 306 g/mol. The van der Waals surface area contributed by atoms with E-state index in [1.54, 1.807) is 0 Å². The van der Waals surface area contributed by atoms with Gasteiger partial charge in [-0.15, -0.1) is 0 Å². The van der Waals surface area contributed by atoms with E-state index in [1.807, 2.05) is 42.5 Å². The Balaban J connectivity index is 1.38. The van der Waals surface area contributed by atoms with Gasteiger partial charge in [-0.2, -0.15) is 0 Å². The van der Waals surface area contributed by atoms with Crippen LogP contribution >= 0.6 is 0 Å². The predicted octanol–water partition coefficient (Wildman–Crippen LogP) is 5.44. The summed E-state index contributed by atoms with van der Waals surface area (Å²) in [6, 6.07) is 18.6. The summed E-state index contributed by atoms with van der Waals surface area (Å²) in [7, 11) is 0. The van der Waals surface area contributed by atoms with Crippen LogP contribution in [0.4, 0.5) is 0 Å². The third kappa shape index (κ3) is 3.78. The molecule has 2 heteroatoms. The molecule has 130 valence electrons. The van der Waals surface area contributed by atoms with E-state index < -0.39 is 0 Å². The first-order chi connectivity index (χ1) is 12.3. The van der Waals surface area contributed by atoms with Gasteiger partial charge in [-0.1, -0.05) is 68.1 Å². The molecule has 2 nitrogen and oxygen atoms in total. The van der Waals surface area contributed by atoms with Crippen molar-refractivity contribution in [2.75, 3.05) is 0 Å². The molecule has 0 aliphatic heterocycles. The van der Waals surface area contributed by atoms with Crippen LogP contribution in [-0.4, -0.2) is 11.9 Å². The van der Waals surface area contributed by atoms with Gasteiger partial charge in [0, 0.05) is 11.6 Å². The fourth-order valence-corrected chi connectivity index (χ4v) is 4.72. The molecule has 0 aromatic heterocycles. The van der Waals surface area contributed by atoms with Gasteiger partial charge in [-0.05, 0) is 54.4 Å². The summed E-state index contributed by atoms with van der Waals surface area (Å²) >= 11 is 0. The Labute approximate surface area is 150 Å². The number of hydrogen-bond acceptors (Lipinski definition) is 1. The van der Waals surface area contributed by atoms with Crippen molar-refractivity contribution in [2.24, 2.45) is 11.8 Å². The zero-order valence-corrected chi connectivity index (χ0v) is 14.8. The minimum absolute atomic E-state index is 0.0823. The lowest BCUT2D eigenvalue weighted by Crippen LogP contribution is -2.41. The van der Waals surface area contributed by atoms with E-state index >= 15 is 0 Å². The Kier molecular flexibility index (Phi) is 4.87. The second-order valence-corrected chi connectivity index (χ2v) is 7.73. The van der Waals surface area contributed by atoms with Crippen LogP contribution in [0, 0.1) is 11.8 Å². The molecule has 1 amide bonds. The summed E-state index contributed by atoms with van der Waals surface area (Å²) in [4.78, 5) is 12.6. The molecule has 1 N–H and O–H groups in total. The lowest BCUT2D eigenvalue weighted by molar-refractivity contribution is 0.0879. The highest BCUT2D eigenvalue weighted by Crippen LogP contribution is 2.40. The van der Waals surface area contributed by atoms with Crippen molar-refractivity contribution >= 4 is 5.91 Å². The summed E-state index contributed by atoms with van der Waals surface area (Å²) in [5.74, 6) is 1.85. The Morgan fingerprint density at radius 1 is 0.760 bits per heavy atom. The smallest absolute Gasteiger partial charge is 0.251 e. The molecule has 2 aliphatic rings. The van der Waals surface area contributed by atoms with Gasteiger partial charge in [0.05, 0.1) is 0 Å². The monoisotopic (exact) mass is 333 g/mol.